The summed E-state index contributed by atoms with van der Waals surface area (Å²) in [7, 11) is 0.661. The Hall–Kier alpha value is -0.570. The fourth-order valence-electron chi connectivity index (χ4n) is 2.31. The summed E-state index contributed by atoms with van der Waals surface area (Å²) in [4.78, 5) is 0. The summed E-state index contributed by atoms with van der Waals surface area (Å²) < 4.78 is 222. The average Bonchev–Trinajstić information content (AvgIpc) is 3.03. The van der Waals surface area contributed by atoms with Gasteiger partial charge in [-0.05, 0) is 0 Å². The van der Waals surface area contributed by atoms with Crippen molar-refractivity contribution in [2.75, 3.05) is 94.5 Å². The maximum absolute atomic E-state index is 13.3. The fraction of sp³-hybridized carbons (Fsp3) is 1.00. The van der Waals surface area contributed by atoms with Gasteiger partial charge in [-0.2, -0.15) is 35.1 Å². The minimum Gasteiger partial charge on any atom is -0.394 e. The summed E-state index contributed by atoms with van der Waals surface area (Å²) in [5.74, 6) is -6.67. The lowest BCUT2D eigenvalue weighted by atomic mass is 10.3. The lowest BCUT2D eigenvalue weighted by Crippen LogP contribution is -2.40. The molecule has 0 aromatic carbocycles. The number of aliphatic hydroxyl groups excluding tert-OH is 1. The van der Waals surface area contributed by atoms with E-state index in [2.05, 4.69) is 51.0 Å². The molecule has 0 aliphatic rings. The minimum absolute atomic E-state index is 0.482. The molecule has 0 aliphatic carbocycles. The molecule has 0 saturated carbocycles. The Labute approximate surface area is 301 Å². The van der Waals surface area contributed by atoms with Crippen molar-refractivity contribution in [3.63, 3.8) is 0 Å². The highest BCUT2D eigenvalue weighted by atomic mass is 35.7. The van der Waals surface area contributed by atoms with Gasteiger partial charge in [0, 0.05) is 52.5 Å². The zero-order chi connectivity index (χ0) is 42.3. The third kappa shape index (κ3) is 33.3. The topological polar surface area (TPSA) is 156 Å². The molecule has 1 N–H and O–H groups in total. The summed E-state index contributed by atoms with van der Waals surface area (Å²) in [6.07, 6.45) is -19.0. The van der Waals surface area contributed by atoms with Crippen LogP contribution in [0.3, 0.4) is 0 Å². The molecule has 0 amide bonds. The Kier molecular flexibility index (Phi) is 28.2. The van der Waals surface area contributed by atoms with Crippen LogP contribution in [0.2, 0.25) is 0 Å². The van der Waals surface area contributed by atoms with Crippen LogP contribution in [0, 0.1) is 0 Å². The van der Waals surface area contributed by atoms with Gasteiger partial charge in [-0.15, -0.1) is 0 Å². The third-order valence-electron chi connectivity index (χ3n) is 4.93. The normalized spacial score (nSPS) is 13.7. The van der Waals surface area contributed by atoms with E-state index in [0.717, 1.165) is 28.1 Å². The molecule has 53 heavy (non-hydrogen) atoms. The van der Waals surface area contributed by atoms with Crippen LogP contribution in [-0.2, 0) is 60.2 Å². The highest BCUT2D eigenvalue weighted by molar-refractivity contribution is 7.81. The molecule has 0 spiro atoms. The second-order valence-corrected chi connectivity index (χ2v) is 14.1. The summed E-state index contributed by atoms with van der Waals surface area (Å²) in [5, 5.41) is 8.26. The molecule has 0 aromatic rings. The lowest BCUT2D eigenvalue weighted by Gasteiger charge is -2.24. The molecule has 0 aromatic heterocycles. The Morgan fingerprint density at radius 3 is 1.09 bits per heavy atom. The van der Waals surface area contributed by atoms with Gasteiger partial charge in [0.15, 0.2) is 0 Å². The fourth-order valence-corrected chi connectivity index (χ4v) is 3.11. The highest BCUT2D eigenvalue weighted by Gasteiger charge is 2.46. The Morgan fingerprint density at radius 1 is 0.509 bits per heavy atom. The maximum atomic E-state index is 13.3. The monoisotopic (exact) mass is 880 g/mol. The molecule has 0 bridgehead atoms. The molecule has 0 radical (unpaired) electrons. The van der Waals surface area contributed by atoms with Gasteiger partial charge in [0.1, 0.15) is 39.6 Å². The average molecular weight is 881 g/mol. The Bertz CT molecular complexity index is 1040. The van der Waals surface area contributed by atoms with Gasteiger partial charge in [-0.3, -0.25) is 23.0 Å². The molecule has 0 aliphatic heterocycles. The van der Waals surface area contributed by atoms with Gasteiger partial charge in [-0.25, -0.2) is 26.7 Å². The molecule has 0 fully saturated rings. The number of halogens is 13. The second-order valence-electron chi connectivity index (χ2n) is 9.43. The van der Waals surface area contributed by atoms with Crippen molar-refractivity contribution in [1.29, 1.82) is 0 Å². The number of hydrogen-bond donors (Lipinski definition) is 1. The SMILES string of the molecule is CCC(F)(F)COCC(F)(F)OC(F)(F)COCCO.CCC(F)(F)COCC(F)(F)OC(F)(F)COCCOP(=O)(OC)OC.COP(=O)(Cl)OC. The van der Waals surface area contributed by atoms with Crippen molar-refractivity contribution in [3.8, 4) is 0 Å². The smallest absolute Gasteiger partial charge is 0.394 e. The summed E-state index contributed by atoms with van der Waals surface area (Å²) in [6.45, 7) is -12.4. The summed E-state index contributed by atoms with van der Waals surface area (Å²) in [5.41, 5.74) is 0. The molecule has 29 heteroatoms. The molecule has 0 atom stereocenters. The van der Waals surface area contributed by atoms with Crippen molar-refractivity contribution < 1.29 is 118 Å². The van der Waals surface area contributed by atoms with Gasteiger partial charge in [0.05, 0.1) is 26.4 Å². The van der Waals surface area contributed by atoms with Crippen LogP contribution >= 0.6 is 26.0 Å². The third-order valence-corrected chi connectivity index (χ3v) is 8.03. The first kappa shape index (κ1) is 56.8. The number of aliphatic hydroxyl groups is 1. The van der Waals surface area contributed by atoms with E-state index >= 15 is 0 Å². The van der Waals surface area contributed by atoms with Crippen molar-refractivity contribution in [2.24, 2.45) is 0 Å². The van der Waals surface area contributed by atoms with E-state index in [9.17, 15) is 61.8 Å². The van der Waals surface area contributed by atoms with Crippen LogP contribution in [0.1, 0.15) is 26.7 Å². The maximum Gasteiger partial charge on any atom is 0.474 e. The molecule has 0 rings (SSSR count). The predicted molar refractivity (Wildman–Crippen MR) is 158 cm³/mol. The van der Waals surface area contributed by atoms with E-state index in [4.69, 9.17) is 16.3 Å². The van der Waals surface area contributed by atoms with Crippen LogP contribution in [0.4, 0.5) is 52.7 Å². The van der Waals surface area contributed by atoms with E-state index in [0.29, 0.717) is 0 Å². The first-order valence-corrected chi connectivity index (χ1v) is 18.2. The van der Waals surface area contributed by atoms with Gasteiger partial charge in [0.2, 0.25) is 0 Å². The van der Waals surface area contributed by atoms with Crippen LogP contribution in [0.5, 0.6) is 0 Å². The van der Waals surface area contributed by atoms with E-state index in [1.165, 1.54) is 14.2 Å². The number of hydrogen-bond acceptors (Lipinski definition) is 14. The number of ether oxygens (including phenoxy) is 6. The molecule has 324 valence electrons. The van der Waals surface area contributed by atoms with Crippen molar-refractivity contribution in [3.05, 3.63) is 0 Å². The van der Waals surface area contributed by atoms with Gasteiger partial charge >= 0.3 is 39.2 Å². The quantitative estimate of drug-likeness (QED) is 0.0467. The van der Waals surface area contributed by atoms with Crippen molar-refractivity contribution in [1.82, 2.24) is 0 Å². The molecule has 0 unspecified atom stereocenters. The van der Waals surface area contributed by atoms with Crippen LogP contribution in [0.15, 0.2) is 0 Å². The van der Waals surface area contributed by atoms with Gasteiger partial charge in [0.25, 0.3) is 11.8 Å². The lowest BCUT2D eigenvalue weighted by molar-refractivity contribution is -0.395. The number of phosphoric ester groups is 1. The van der Waals surface area contributed by atoms with Gasteiger partial charge < -0.3 is 33.1 Å². The minimum atomic E-state index is -4.52. The summed E-state index contributed by atoms with van der Waals surface area (Å²) >= 11 is 5.02. The van der Waals surface area contributed by atoms with Crippen LogP contribution < -0.4 is 0 Å². The highest BCUT2D eigenvalue weighted by Crippen LogP contribution is 2.51. The second kappa shape index (κ2) is 26.4. The largest absolute Gasteiger partial charge is 0.474 e. The van der Waals surface area contributed by atoms with Crippen molar-refractivity contribution in [2.45, 2.75) is 63.0 Å². The molecule has 0 heterocycles. The van der Waals surface area contributed by atoms with E-state index in [-0.39, 0.29) is 0 Å². The predicted octanol–water partition coefficient (Wildman–Crippen LogP) is 7.57. The zero-order valence-electron chi connectivity index (χ0n) is 29.0. The van der Waals surface area contributed by atoms with E-state index in [1.807, 2.05) is 0 Å². The first-order chi connectivity index (χ1) is 24.0. The van der Waals surface area contributed by atoms with E-state index in [1.54, 1.807) is 0 Å². The van der Waals surface area contributed by atoms with Crippen molar-refractivity contribution >= 4 is 26.0 Å². The zero-order valence-corrected chi connectivity index (χ0v) is 31.6. The van der Waals surface area contributed by atoms with Crippen LogP contribution in [0.25, 0.3) is 0 Å². The summed E-state index contributed by atoms with van der Waals surface area (Å²) in [6, 6.07) is 0. The molecular weight excluding hydrogens is 838 g/mol. The molecular formula is C24H43ClF12O14P2. The Balaban J connectivity index is -0.000000816. The Morgan fingerprint density at radius 2 is 0.830 bits per heavy atom. The molecule has 0 saturated heterocycles. The van der Waals surface area contributed by atoms with E-state index < -0.39 is 130 Å². The first-order valence-electron chi connectivity index (χ1n) is 14.3. The van der Waals surface area contributed by atoms with Crippen LogP contribution in [-0.4, -0.2) is 136 Å². The standard InChI is InChI=1S/C12H21F6O7P.C10H16F6O4.C2H6ClO3P/c1-4-10(13,14)7-23-9-12(17,18)25-11(15,16)8-22-5-6-24-26(19,20-2)21-3;1-2-8(11,12)5-19-7-10(15,16)20-9(13,14)6-18-4-3-17;1-5-7(3,4)6-2/h4-9H2,1-3H3;17H,2-7H2,1H3;1-2H3. The number of rotatable bonds is 28. The van der Waals surface area contributed by atoms with Gasteiger partial charge in [-0.1, -0.05) is 13.8 Å². The number of alkyl halides is 12. The molecule has 14 nitrogen and oxygen atoms in total. The number of phosphoric acid groups is 1.